The van der Waals surface area contributed by atoms with Gasteiger partial charge in [0.05, 0.1) is 36.7 Å². The quantitative estimate of drug-likeness (QED) is 0.131. The summed E-state index contributed by atoms with van der Waals surface area (Å²) in [5, 5.41) is 5.29. The third-order valence-corrected chi connectivity index (χ3v) is 12.5. The number of nitrogens with zero attached hydrogens (tertiary/aromatic N) is 3. The van der Waals surface area contributed by atoms with E-state index in [1.807, 2.05) is 30.3 Å². The lowest BCUT2D eigenvalue weighted by molar-refractivity contribution is -0.142. The first kappa shape index (κ1) is 44.3. The molecule has 3 fully saturated rings. The number of hydrogen-bond donors (Lipinski definition) is 3. The standard InChI is InChI=1S/C44H52N6O10S/c1-8-20-49(38(51)10-3)26-35(46-42(55)60-43(4,5)6)40(53)50-25-30(22-36(50)39(52)47-44(24-28(44)9-2)41(54)48-61(56,57)31-17-18-31)59-37-23-33(27-14-12-11-13-15-27)45-34-21-29(58-7)16-19-32(34)37/h8-16,19,21,23,28,30-31,35-36H,1-3,17-18,20,22,24-26H2,4-7H3,(H,46,55)(H,47,52)(H,48,54)/t28-,30?,35+,36+,44-/m1/s1. The van der Waals surface area contributed by atoms with Gasteiger partial charge in [-0.1, -0.05) is 49.1 Å². The normalized spacial score (nSPS) is 21.3. The molecule has 61 heavy (non-hydrogen) atoms. The topological polar surface area (TPSA) is 203 Å². The third-order valence-electron chi connectivity index (χ3n) is 10.7. The molecule has 2 heterocycles. The van der Waals surface area contributed by atoms with E-state index in [0.29, 0.717) is 40.9 Å². The number of amides is 5. The average molecular weight is 857 g/mol. The van der Waals surface area contributed by atoms with Crippen molar-refractivity contribution in [2.75, 3.05) is 26.7 Å². The van der Waals surface area contributed by atoms with E-state index in [1.165, 1.54) is 22.0 Å². The molecule has 1 aliphatic heterocycles. The van der Waals surface area contributed by atoms with Gasteiger partial charge in [0.25, 0.3) is 5.91 Å². The zero-order valence-corrected chi connectivity index (χ0v) is 35.5. The molecule has 0 radical (unpaired) electrons. The number of nitrogens with one attached hydrogen (secondary N) is 3. The summed E-state index contributed by atoms with van der Waals surface area (Å²) >= 11 is 0. The Kier molecular flexibility index (Phi) is 12.9. The van der Waals surface area contributed by atoms with Gasteiger partial charge >= 0.3 is 6.09 Å². The van der Waals surface area contributed by atoms with Gasteiger partial charge < -0.3 is 34.6 Å². The lowest BCUT2D eigenvalue weighted by atomic mass is 10.1. The molecule has 17 heteroatoms. The number of pyridine rings is 1. The highest BCUT2D eigenvalue weighted by Crippen LogP contribution is 2.45. The number of aromatic nitrogens is 1. The van der Waals surface area contributed by atoms with Crippen molar-refractivity contribution in [1.82, 2.24) is 30.1 Å². The van der Waals surface area contributed by atoms with Crippen LogP contribution >= 0.6 is 0 Å². The van der Waals surface area contributed by atoms with E-state index in [2.05, 4.69) is 35.1 Å². The summed E-state index contributed by atoms with van der Waals surface area (Å²) in [5.74, 6) is -2.61. The Bertz CT molecular complexity index is 2340. The third kappa shape index (κ3) is 10.2. The average Bonchev–Trinajstić information content (AvgIpc) is 4.15. The second-order valence-corrected chi connectivity index (χ2v) is 18.3. The van der Waals surface area contributed by atoms with E-state index in [4.69, 9.17) is 19.2 Å². The van der Waals surface area contributed by atoms with Crippen LogP contribution in [0.3, 0.4) is 0 Å². The molecule has 0 bridgehead atoms. The van der Waals surface area contributed by atoms with E-state index in [0.717, 1.165) is 11.6 Å². The number of benzene rings is 2. The second-order valence-electron chi connectivity index (χ2n) is 16.4. The second kappa shape index (κ2) is 17.8. The molecule has 3 N–H and O–H groups in total. The molecule has 1 saturated heterocycles. The molecule has 324 valence electrons. The first-order chi connectivity index (χ1) is 28.9. The number of rotatable bonds is 17. The zero-order chi connectivity index (χ0) is 44.3. The van der Waals surface area contributed by atoms with Gasteiger partial charge in [-0.25, -0.2) is 18.2 Å². The summed E-state index contributed by atoms with van der Waals surface area (Å²) in [6.45, 7) is 15.4. The van der Waals surface area contributed by atoms with Crippen LogP contribution in [0.4, 0.5) is 4.79 Å². The number of hydrogen-bond acceptors (Lipinski definition) is 11. The van der Waals surface area contributed by atoms with Crippen molar-refractivity contribution in [2.45, 2.75) is 81.0 Å². The van der Waals surface area contributed by atoms with Crippen molar-refractivity contribution in [3.8, 4) is 22.8 Å². The summed E-state index contributed by atoms with van der Waals surface area (Å²) in [7, 11) is -2.43. The highest BCUT2D eigenvalue weighted by molar-refractivity contribution is 7.91. The molecule has 0 spiro atoms. The monoisotopic (exact) mass is 856 g/mol. The number of carbonyl (C=O) groups excluding carboxylic acids is 5. The van der Waals surface area contributed by atoms with Crippen molar-refractivity contribution in [1.29, 1.82) is 0 Å². The Labute approximate surface area is 355 Å². The lowest BCUT2D eigenvalue weighted by Gasteiger charge is -2.32. The summed E-state index contributed by atoms with van der Waals surface area (Å²) in [5.41, 5.74) is -0.644. The highest BCUT2D eigenvalue weighted by Gasteiger charge is 2.62. The molecule has 3 aliphatic rings. The summed E-state index contributed by atoms with van der Waals surface area (Å²) in [4.78, 5) is 76.6. The predicted molar refractivity (Wildman–Crippen MR) is 228 cm³/mol. The SMILES string of the molecule is C=CCN(C[C@H](NC(=O)OC(C)(C)C)C(=O)N1CC(Oc2cc(-c3ccccc3)nc3cc(OC)ccc23)C[C@H]1C(=O)N[C@]1(C(=O)NS(=O)(=O)C2CC2)C[C@H]1C=C)C(=O)C=C. The van der Waals surface area contributed by atoms with Crippen molar-refractivity contribution in [3.63, 3.8) is 0 Å². The Morgan fingerprint density at radius 3 is 2.38 bits per heavy atom. The summed E-state index contributed by atoms with van der Waals surface area (Å²) in [6, 6.07) is 13.8. The number of fused-ring (bicyclic) bond motifs is 1. The number of carbonyl (C=O) groups is 5. The fourth-order valence-electron chi connectivity index (χ4n) is 7.33. The van der Waals surface area contributed by atoms with Gasteiger partial charge in [0.2, 0.25) is 27.7 Å². The van der Waals surface area contributed by atoms with Crippen LogP contribution in [0.1, 0.15) is 46.5 Å². The number of alkyl carbamates (subject to hydrolysis) is 1. The number of likely N-dealkylation sites (tertiary alicyclic amines) is 1. The Hall–Kier alpha value is -6.23. The fraction of sp³-hybridized carbons (Fsp3) is 0.409. The summed E-state index contributed by atoms with van der Waals surface area (Å²) < 4.78 is 45.5. The lowest BCUT2D eigenvalue weighted by Crippen LogP contribution is -2.60. The van der Waals surface area contributed by atoms with Crippen LogP contribution in [0.15, 0.2) is 92.6 Å². The van der Waals surface area contributed by atoms with Crippen LogP contribution in [0.25, 0.3) is 22.2 Å². The van der Waals surface area contributed by atoms with Gasteiger partial charge in [0, 0.05) is 42.0 Å². The van der Waals surface area contributed by atoms with Gasteiger partial charge in [0.1, 0.15) is 40.8 Å². The molecular weight excluding hydrogens is 805 g/mol. The molecule has 2 aromatic carbocycles. The summed E-state index contributed by atoms with van der Waals surface area (Å²) in [6.07, 6.45) is 3.01. The van der Waals surface area contributed by atoms with Gasteiger partial charge in [0.15, 0.2) is 0 Å². The van der Waals surface area contributed by atoms with E-state index in [-0.39, 0.29) is 32.5 Å². The predicted octanol–water partition coefficient (Wildman–Crippen LogP) is 4.02. The van der Waals surface area contributed by atoms with Gasteiger partial charge in [-0.3, -0.25) is 23.9 Å². The van der Waals surface area contributed by atoms with Crippen LogP contribution in [0.5, 0.6) is 11.5 Å². The van der Waals surface area contributed by atoms with E-state index >= 15 is 0 Å². The molecule has 6 rings (SSSR count). The molecule has 5 amide bonds. The van der Waals surface area contributed by atoms with Crippen LogP contribution in [0, 0.1) is 5.92 Å². The van der Waals surface area contributed by atoms with Crippen LogP contribution in [-0.4, -0.2) is 114 Å². The van der Waals surface area contributed by atoms with Crippen molar-refractivity contribution in [2.24, 2.45) is 5.92 Å². The number of methoxy groups -OCH3 is 1. The van der Waals surface area contributed by atoms with Gasteiger partial charge in [-0.05, 0) is 58.2 Å². The van der Waals surface area contributed by atoms with Crippen LogP contribution in [0.2, 0.25) is 0 Å². The molecule has 1 unspecified atom stereocenters. The first-order valence-corrected chi connectivity index (χ1v) is 21.5. The van der Waals surface area contributed by atoms with Crippen molar-refractivity contribution >= 4 is 50.6 Å². The molecule has 3 aromatic rings. The van der Waals surface area contributed by atoms with E-state index in [9.17, 15) is 32.4 Å². The van der Waals surface area contributed by atoms with Crippen molar-refractivity contribution < 1.29 is 46.6 Å². The van der Waals surface area contributed by atoms with E-state index in [1.54, 1.807) is 52.1 Å². The highest BCUT2D eigenvalue weighted by atomic mass is 32.2. The Morgan fingerprint density at radius 1 is 1.05 bits per heavy atom. The zero-order valence-electron chi connectivity index (χ0n) is 34.7. The van der Waals surface area contributed by atoms with Gasteiger partial charge in [-0.15, -0.1) is 13.2 Å². The molecule has 5 atom stereocenters. The van der Waals surface area contributed by atoms with Crippen LogP contribution < -0.4 is 24.8 Å². The minimum atomic E-state index is -3.97. The molecule has 16 nitrogen and oxygen atoms in total. The fourth-order valence-corrected chi connectivity index (χ4v) is 8.69. The smallest absolute Gasteiger partial charge is 0.408 e. The largest absolute Gasteiger partial charge is 0.497 e. The van der Waals surface area contributed by atoms with E-state index < -0.39 is 80.2 Å². The number of ether oxygens (including phenoxy) is 3. The van der Waals surface area contributed by atoms with Gasteiger partial charge in [-0.2, -0.15) is 0 Å². The molecule has 1 aromatic heterocycles. The maximum Gasteiger partial charge on any atom is 0.408 e. The first-order valence-electron chi connectivity index (χ1n) is 20.0. The maximum absolute atomic E-state index is 14.9. The molecular formula is C44H52N6O10S. The maximum atomic E-state index is 14.9. The minimum Gasteiger partial charge on any atom is -0.497 e. The molecule has 2 saturated carbocycles. The number of sulfonamides is 1. The molecule has 2 aliphatic carbocycles. The van der Waals surface area contributed by atoms with Crippen molar-refractivity contribution in [3.05, 3.63) is 92.6 Å². The van der Waals surface area contributed by atoms with Crippen LogP contribution in [-0.2, 0) is 33.9 Å². The minimum absolute atomic E-state index is 0.00568. The Balaban J connectivity index is 1.37. The Morgan fingerprint density at radius 2 is 1.77 bits per heavy atom.